The van der Waals surface area contributed by atoms with Gasteiger partial charge >= 0.3 is 0 Å². The molecule has 3 rings (SSSR count). The number of carbonyl (C=O) groups excluding carboxylic acids is 1. The Labute approximate surface area is 170 Å². The lowest BCUT2D eigenvalue weighted by molar-refractivity contribution is -0.120. The van der Waals surface area contributed by atoms with Gasteiger partial charge in [-0.05, 0) is 55.3 Å². The van der Waals surface area contributed by atoms with Gasteiger partial charge in [0.05, 0.1) is 25.3 Å². The first-order valence-electron chi connectivity index (χ1n) is 9.66. The van der Waals surface area contributed by atoms with E-state index in [4.69, 9.17) is 9.47 Å². The Bertz CT molecular complexity index is 925. The second kappa shape index (κ2) is 10.2. The van der Waals surface area contributed by atoms with Crippen molar-refractivity contribution < 1.29 is 14.3 Å². The highest BCUT2D eigenvalue weighted by atomic mass is 16.5. The van der Waals surface area contributed by atoms with Gasteiger partial charge in [0, 0.05) is 11.6 Å². The van der Waals surface area contributed by atoms with Crippen LogP contribution in [-0.2, 0) is 11.2 Å². The molecule has 0 saturated carbocycles. The predicted octanol–water partition coefficient (Wildman–Crippen LogP) is 3.59. The SMILES string of the molecule is CCOc1ccc(-c2ccc(OCCNC(=O)Cc3ccccc3C)nn2)cc1. The number of aromatic nitrogens is 2. The number of ether oxygens (including phenoxy) is 2. The van der Waals surface area contributed by atoms with Gasteiger partial charge < -0.3 is 14.8 Å². The maximum atomic E-state index is 12.0. The van der Waals surface area contributed by atoms with Gasteiger partial charge in [0.1, 0.15) is 12.4 Å². The van der Waals surface area contributed by atoms with Gasteiger partial charge in [-0.25, -0.2) is 0 Å². The summed E-state index contributed by atoms with van der Waals surface area (Å²) < 4.78 is 11.0. The van der Waals surface area contributed by atoms with Crippen LogP contribution < -0.4 is 14.8 Å². The van der Waals surface area contributed by atoms with Gasteiger partial charge in [-0.2, -0.15) is 0 Å². The molecule has 0 bridgehead atoms. The van der Waals surface area contributed by atoms with Crippen LogP contribution in [-0.4, -0.2) is 35.9 Å². The third-order valence-corrected chi connectivity index (χ3v) is 4.39. The molecule has 1 amide bonds. The lowest BCUT2D eigenvalue weighted by Crippen LogP contribution is -2.29. The average Bonchev–Trinajstić information content (AvgIpc) is 2.74. The first kappa shape index (κ1) is 20.3. The Morgan fingerprint density at radius 3 is 2.45 bits per heavy atom. The average molecular weight is 391 g/mol. The van der Waals surface area contributed by atoms with E-state index < -0.39 is 0 Å². The summed E-state index contributed by atoms with van der Waals surface area (Å²) in [6, 6.07) is 19.2. The zero-order valence-electron chi connectivity index (χ0n) is 16.7. The van der Waals surface area contributed by atoms with Crippen molar-refractivity contribution in [2.45, 2.75) is 20.3 Å². The molecule has 0 saturated heterocycles. The molecular weight excluding hydrogens is 366 g/mol. The number of nitrogens with one attached hydrogen (secondary N) is 1. The van der Waals surface area contributed by atoms with E-state index in [1.54, 1.807) is 6.07 Å². The van der Waals surface area contributed by atoms with Crippen LogP contribution in [0.5, 0.6) is 11.6 Å². The normalized spacial score (nSPS) is 10.4. The molecule has 2 aromatic carbocycles. The summed E-state index contributed by atoms with van der Waals surface area (Å²) in [5.41, 5.74) is 3.85. The van der Waals surface area contributed by atoms with E-state index in [9.17, 15) is 4.79 Å². The van der Waals surface area contributed by atoms with Crippen molar-refractivity contribution in [1.29, 1.82) is 0 Å². The Kier molecular flexibility index (Phi) is 7.16. The predicted molar refractivity (Wildman–Crippen MR) is 112 cm³/mol. The standard InChI is InChI=1S/C23H25N3O3/c1-3-28-20-10-8-18(9-11-20)21-12-13-23(26-25-21)29-15-14-24-22(27)16-19-7-5-4-6-17(19)2/h4-13H,3,14-16H2,1-2H3,(H,24,27). The number of hydrogen-bond donors (Lipinski definition) is 1. The Balaban J connectivity index is 1.43. The number of hydrogen-bond acceptors (Lipinski definition) is 5. The van der Waals surface area contributed by atoms with E-state index >= 15 is 0 Å². The molecule has 150 valence electrons. The number of carbonyl (C=O) groups is 1. The van der Waals surface area contributed by atoms with Crippen LogP contribution in [0.2, 0.25) is 0 Å². The van der Waals surface area contributed by atoms with Crippen LogP contribution in [0, 0.1) is 6.92 Å². The lowest BCUT2D eigenvalue weighted by atomic mass is 10.1. The van der Waals surface area contributed by atoms with Crippen molar-refractivity contribution in [3.8, 4) is 22.9 Å². The van der Waals surface area contributed by atoms with Gasteiger partial charge in [0.25, 0.3) is 0 Å². The maximum absolute atomic E-state index is 12.0. The molecule has 0 aliphatic heterocycles. The van der Waals surface area contributed by atoms with E-state index in [-0.39, 0.29) is 5.91 Å². The number of nitrogens with zero attached hydrogens (tertiary/aromatic N) is 2. The molecule has 0 atom stereocenters. The highest BCUT2D eigenvalue weighted by Gasteiger charge is 2.06. The minimum absolute atomic E-state index is 0.0279. The van der Waals surface area contributed by atoms with Crippen molar-refractivity contribution in [2.24, 2.45) is 0 Å². The van der Waals surface area contributed by atoms with E-state index in [1.165, 1.54) is 0 Å². The molecule has 0 radical (unpaired) electrons. The van der Waals surface area contributed by atoms with Gasteiger partial charge in [-0.3, -0.25) is 4.79 Å². The first-order chi connectivity index (χ1) is 14.2. The quantitative estimate of drug-likeness (QED) is 0.564. The molecule has 6 heteroatoms. The van der Waals surface area contributed by atoms with E-state index in [0.29, 0.717) is 32.1 Å². The summed E-state index contributed by atoms with van der Waals surface area (Å²) in [5, 5.41) is 11.2. The van der Waals surface area contributed by atoms with Crippen molar-refractivity contribution in [3.63, 3.8) is 0 Å². The third-order valence-electron chi connectivity index (χ3n) is 4.39. The number of amides is 1. The molecule has 0 fully saturated rings. The van der Waals surface area contributed by atoms with E-state index in [0.717, 1.165) is 28.1 Å². The number of benzene rings is 2. The second-order valence-corrected chi connectivity index (χ2v) is 6.52. The number of aryl methyl sites for hydroxylation is 1. The highest BCUT2D eigenvalue weighted by molar-refractivity contribution is 5.78. The largest absolute Gasteiger partial charge is 0.494 e. The van der Waals surface area contributed by atoms with Gasteiger partial charge in [-0.1, -0.05) is 24.3 Å². The molecular formula is C23H25N3O3. The monoisotopic (exact) mass is 391 g/mol. The van der Waals surface area contributed by atoms with Crippen LogP contribution in [0.15, 0.2) is 60.7 Å². The maximum Gasteiger partial charge on any atom is 0.233 e. The summed E-state index contributed by atoms with van der Waals surface area (Å²) in [7, 11) is 0. The van der Waals surface area contributed by atoms with Gasteiger partial charge in [-0.15, -0.1) is 10.2 Å². The zero-order valence-corrected chi connectivity index (χ0v) is 16.7. The number of rotatable bonds is 9. The molecule has 0 spiro atoms. The summed E-state index contributed by atoms with van der Waals surface area (Å²) in [6.07, 6.45) is 0.364. The van der Waals surface area contributed by atoms with Gasteiger partial charge in [0.2, 0.25) is 11.8 Å². The van der Waals surface area contributed by atoms with Gasteiger partial charge in [0.15, 0.2) is 0 Å². The molecule has 6 nitrogen and oxygen atoms in total. The molecule has 1 N–H and O–H groups in total. The summed E-state index contributed by atoms with van der Waals surface area (Å²) in [5.74, 6) is 1.22. The van der Waals surface area contributed by atoms with Crippen LogP contribution >= 0.6 is 0 Å². The third kappa shape index (κ3) is 6.04. The fourth-order valence-corrected chi connectivity index (χ4v) is 2.83. The molecule has 0 aliphatic rings. The first-order valence-corrected chi connectivity index (χ1v) is 9.66. The molecule has 1 aromatic heterocycles. The lowest BCUT2D eigenvalue weighted by Gasteiger charge is -2.09. The van der Waals surface area contributed by atoms with Crippen LogP contribution in [0.25, 0.3) is 11.3 Å². The van der Waals surface area contributed by atoms with Crippen LogP contribution in [0.3, 0.4) is 0 Å². The topological polar surface area (TPSA) is 73.3 Å². The summed E-state index contributed by atoms with van der Waals surface area (Å²) in [4.78, 5) is 12.0. The highest BCUT2D eigenvalue weighted by Crippen LogP contribution is 2.21. The fraction of sp³-hybridized carbons (Fsp3) is 0.261. The molecule has 1 heterocycles. The smallest absolute Gasteiger partial charge is 0.233 e. The van der Waals surface area contributed by atoms with Crippen molar-refractivity contribution in [1.82, 2.24) is 15.5 Å². The van der Waals surface area contributed by atoms with Crippen LogP contribution in [0.1, 0.15) is 18.1 Å². The molecule has 29 heavy (non-hydrogen) atoms. The minimum Gasteiger partial charge on any atom is -0.494 e. The minimum atomic E-state index is -0.0279. The Morgan fingerprint density at radius 2 is 1.76 bits per heavy atom. The Morgan fingerprint density at radius 1 is 0.966 bits per heavy atom. The second-order valence-electron chi connectivity index (χ2n) is 6.52. The molecule has 3 aromatic rings. The van der Waals surface area contributed by atoms with Crippen molar-refractivity contribution in [2.75, 3.05) is 19.8 Å². The zero-order chi connectivity index (χ0) is 20.5. The molecule has 0 unspecified atom stereocenters. The fourth-order valence-electron chi connectivity index (χ4n) is 2.83. The van der Waals surface area contributed by atoms with Crippen molar-refractivity contribution in [3.05, 3.63) is 71.8 Å². The summed E-state index contributed by atoms with van der Waals surface area (Å²) in [6.45, 7) is 5.33. The van der Waals surface area contributed by atoms with E-state index in [2.05, 4.69) is 15.5 Å². The Hall–Kier alpha value is -3.41. The van der Waals surface area contributed by atoms with Crippen LogP contribution in [0.4, 0.5) is 0 Å². The summed E-state index contributed by atoms with van der Waals surface area (Å²) >= 11 is 0. The van der Waals surface area contributed by atoms with Crippen molar-refractivity contribution >= 4 is 5.91 Å². The molecule has 0 aliphatic carbocycles. The van der Waals surface area contributed by atoms with E-state index in [1.807, 2.05) is 68.4 Å².